The van der Waals surface area contributed by atoms with Crippen LogP contribution in [-0.4, -0.2) is 52.4 Å². The number of hydrogen-bond donors (Lipinski definition) is 0. The highest BCUT2D eigenvalue weighted by Crippen LogP contribution is 2.14. The van der Waals surface area contributed by atoms with E-state index in [1.165, 1.54) is 44.5 Å². The van der Waals surface area contributed by atoms with Gasteiger partial charge in [0.2, 0.25) is 0 Å². The monoisotopic (exact) mass is 320 g/mol. The maximum atomic E-state index is 6.09. The molecule has 0 N–H and O–H groups in total. The fourth-order valence-corrected chi connectivity index (χ4v) is 3.31. The molecule has 2 aromatic rings. The van der Waals surface area contributed by atoms with Crippen LogP contribution in [0.5, 0.6) is 0 Å². The third kappa shape index (κ3) is 4.00. The van der Waals surface area contributed by atoms with Crippen LogP contribution in [0.2, 0.25) is 5.02 Å². The Morgan fingerprint density at radius 3 is 2.73 bits per heavy atom. The van der Waals surface area contributed by atoms with Gasteiger partial charge in [-0.05, 0) is 45.1 Å². The Hall–Kier alpha value is -1.10. The van der Waals surface area contributed by atoms with Gasteiger partial charge in [-0.1, -0.05) is 24.4 Å². The number of fused-ring (bicyclic) bond motifs is 1. The largest absolute Gasteiger partial charge is 0.302 e. The van der Waals surface area contributed by atoms with Crippen LogP contribution in [0.3, 0.4) is 0 Å². The summed E-state index contributed by atoms with van der Waals surface area (Å²) in [6.07, 6.45) is 9.41. The lowest BCUT2D eigenvalue weighted by atomic mass is 10.2. The lowest BCUT2D eigenvalue weighted by Crippen LogP contribution is -2.33. The number of rotatable bonds is 5. The molecule has 0 atom stereocenters. The molecule has 3 heterocycles. The predicted molar refractivity (Wildman–Crippen MR) is 91.4 cm³/mol. The van der Waals surface area contributed by atoms with E-state index in [2.05, 4.69) is 26.2 Å². The molecular formula is C17H25ClN4. The summed E-state index contributed by atoms with van der Waals surface area (Å²) in [5, 5.41) is 0.749. The quantitative estimate of drug-likeness (QED) is 0.844. The minimum atomic E-state index is 0.749. The van der Waals surface area contributed by atoms with Crippen molar-refractivity contribution in [3.8, 4) is 0 Å². The first-order chi connectivity index (χ1) is 10.7. The predicted octanol–water partition coefficient (Wildman–Crippen LogP) is 3.30. The highest BCUT2D eigenvalue weighted by molar-refractivity contribution is 6.30. The Morgan fingerprint density at radius 1 is 1.18 bits per heavy atom. The standard InChI is InChI=1S/C17H25ClN4/c1-20(10-11-21-8-4-2-3-5-9-21)14-16-12-19-17-7-6-15(18)13-22(16)17/h6-7,12-13H,2-5,8-11,14H2,1H3. The second-order valence-electron chi connectivity index (χ2n) is 6.32. The van der Waals surface area contributed by atoms with Crippen molar-refractivity contribution in [2.45, 2.75) is 32.2 Å². The van der Waals surface area contributed by atoms with Gasteiger partial charge in [0.05, 0.1) is 16.9 Å². The van der Waals surface area contributed by atoms with Crippen molar-refractivity contribution in [3.05, 3.63) is 35.2 Å². The van der Waals surface area contributed by atoms with E-state index in [0.717, 1.165) is 30.3 Å². The number of hydrogen-bond acceptors (Lipinski definition) is 3. The first kappa shape index (κ1) is 15.8. The zero-order valence-electron chi connectivity index (χ0n) is 13.3. The summed E-state index contributed by atoms with van der Waals surface area (Å²) in [5.41, 5.74) is 2.15. The van der Waals surface area contributed by atoms with E-state index in [1.807, 2.05) is 24.5 Å². The third-order valence-corrected chi connectivity index (χ3v) is 4.70. The van der Waals surface area contributed by atoms with E-state index < -0.39 is 0 Å². The number of likely N-dealkylation sites (tertiary alicyclic amines) is 1. The normalized spacial score (nSPS) is 17.2. The molecule has 0 aromatic carbocycles. The van der Waals surface area contributed by atoms with Crippen molar-refractivity contribution >= 4 is 17.2 Å². The van der Waals surface area contributed by atoms with Crippen LogP contribution in [0.1, 0.15) is 31.4 Å². The second-order valence-corrected chi connectivity index (χ2v) is 6.76. The Balaban J connectivity index is 1.56. The van der Waals surface area contributed by atoms with Gasteiger partial charge in [-0.15, -0.1) is 0 Å². The van der Waals surface area contributed by atoms with Crippen LogP contribution < -0.4 is 0 Å². The summed E-state index contributed by atoms with van der Waals surface area (Å²) >= 11 is 6.09. The van der Waals surface area contributed by atoms with Gasteiger partial charge >= 0.3 is 0 Å². The van der Waals surface area contributed by atoms with Crippen molar-refractivity contribution in [1.82, 2.24) is 19.2 Å². The van der Waals surface area contributed by atoms with Gasteiger partial charge in [-0.2, -0.15) is 0 Å². The van der Waals surface area contributed by atoms with Gasteiger partial charge in [0, 0.05) is 25.8 Å². The van der Waals surface area contributed by atoms with Crippen molar-refractivity contribution in [2.75, 3.05) is 33.2 Å². The van der Waals surface area contributed by atoms with Crippen LogP contribution in [0, 0.1) is 0 Å². The molecule has 4 nitrogen and oxygen atoms in total. The van der Waals surface area contributed by atoms with Crippen LogP contribution in [-0.2, 0) is 6.54 Å². The molecule has 0 bridgehead atoms. The fourth-order valence-electron chi connectivity index (χ4n) is 3.15. The van der Waals surface area contributed by atoms with Crippen LogP contribution >= 0.6 is 11.6 Å². The number of nitrogens with zero attached hydrogens (tertiary/aromatic N) is 4. The SMILES string of the molecule is CN(CCN1CCCCCC1)Cc1cnc2ccc(Cl)cn12. The Bertz CT molecular complexity index is 602. The first-order valence-electron chi connectivity index (χ1n) is 8.25. The average molecular weight is 321 g/mol. The molecule has 5 heteroatoms. The molecule has 0 radical (unpaired) electrons. The van der Waals surface area contributed by atoms with Crippen LogP contribution in [0.4, 0.5) is 0 Å². The maximum Gasteiger partial charge on any atom is 0.137 e. The molecule has 1 aliphatic heterocycles. The van der Waals surface area contributed by atoms with Crippen molar-refractivity contribution in [2.24, 2.45) is 0 Å². The van der Waals surface area contributed by atoms with Gasteiger partial charge < -0.3 is 9.30 Å². The van der Waals surface area contributed by atoms with Gasteiger partial charge in [0.15, 0.2) is 0 Å². The lowest BCUT2D eigenvalue weighted by molar-refractivity contribution is 0.226. The van der Waals surface area contributed by atoms with Crippen molar-refractivity contribution < 1.29 is 0 Å². The fraction of sp³-hybridized carbons (Fsp3) is 0.588. The molecular weight excluding hydrogens is 296 g/mol. The molecule has 0 amide bonds. The minimum absolute atomic E-state index is 0.749. The van der Waals surface area contributed by atoms with E-state index in [9.17, 15) is 0 Å². The van der Waals surface area contributed by atoms with Gasteiger partial charge in [0.25, 0.3) is 0 Å². The summed E-state index contributed by atoms with van der Waals surface area (Å²) in [6.45, 7) is 5.68. The highest BCUT2D eigenvalue weighted by Gasteiger charge is 2.11. The number of likely N-dealkylation sites (N-methyl/N-ethyl adjacent to an activating group) is 1. The van der Waals surface area contributed by atoms with E-state index in [-0.39, 0.29) is 0 Å². The summed E-state index contributed by atoms with van der Waals surface area (Å²) in [4.78, 5) is 9.42. The minimum Gasteiger partial charge on any atom is -0.302 e. The molecule has 1 saturated heterocycles. The van der Waals surface area contributed by atoms with Crippen molar-refractivity contribution in [3.63, 3.8) is 0 Å². The van der Waals surface area contributed by atoms with E-state index >= 15 is 0 Å². The summed E-state index contributed by atoms with van der Waals surface area (Å²) in [5.74, 6) is 0. The molecule has 0 saturated carbocycles. The van der Waals surface area contributed by atoms with Crippen LogP contribution in [0.15, 0.2) is 24.5 Å². The third-order valence-electron chi connectivity index (χ3n) is 4.47. The topological polar surface area (TPSA) is 23.8 Å². The molecule has 120 valence electrons. The summed E-state index contributed by atoms with van der Waals surface area (Å²) in [6, 6.07) is 3.85. The molecule has 2 aromatic heterocycles. The molecule has 0 spiro atoms. The summed E-state index contributed by atoms with van der Waals surface area (Å²) in [7, 11) is 2.18. The Kier molecular flexibility index (Phi) is 5.34. The smallest absolute Gasteiger partial charge is 0.137 e. The lowest BCUT2D eigenvalue weighted by Gasteiger charge is -2.23. The van der Waals surface area contributed by atoms with Gasteiger partial charge in [-0.25, -0.2) is 4.98 Å². The van der Waals surface area contributed by atoms with E-state index in [4.69, 9.17) is 11.6 Å². The zero-order chi connectivity index (χ0) is 15.4. The molecule has 1 aliphatic rings. The number of halogens is 1. The molecule has 22 heavy (non-hydrogen) atoms. The zero-order valence-corrected chi connectivity index (χ0v) is 14.1. The number of pyridine rings is 1. The average Bonchev–Trinajstić information content (AvgIpc) is 2.74. The molecule has 0 aliphatic carbocycles. The van der Waals surface area contributed by atoms with E-state index in [0.29, 0.717) is 0 Å². The number of imidazole rings is 1. The highest BCUT2D eigenvalue weighted by atomic mass is 35.5. The second kappa shape index (κ2) is 7.44. The maximum absolute atomic E-state index is 6.09. The van der Waals surface area contributed by atoms with E-state index in [1.54, 1.807) is 0 Å². The molecule has 3 rings (SSSR count). The summed E-state index contributed by atoms with van der Waals surface area (Å²) < 4.78 is 2.09. The van der Waals surface area contributed by atoms with Gasteiger partial charge in [-0.3, -0.25) is 4.90 Å². The molecule has 1 fully saturated rings. The van der Waals surface area contributed by atoms with Crippen LogP contribution in [0.25, 0.3) is 5.65 Å². The number of aromatic nitrogens is 2. The Morgan fingerprint density at radius 2 is 1.95 bits per heavy atom. The van der Waals surface area contributed by atoms with Crippen molar-refractivity contribution in [1.29, 1.82) is 0 Å². The Labute approximate surface area is 137 Å². The molecule has 0 unspecified atom stereocenters. The first-order valence-corrected chi connectivity index (χ1v) is 8.62. The van der Waals surface area contributed by atoms with Gasteiger partial charge in [0.1, 0.15) is 5.65 Å².